The molecule has 0 radical (unpaired) electrons. The molecule has 4 heterocycles. The molecule has 11 heteroatoms. The maximum absolute atomic E-state index is 16.4. The highest BCUT2D eigenvalue weighted by molar-refractivity contribution is 6.28. The number of benzene rings is 2. The molecule has 0 bridgehead atoms. The number of piperidine rings is 1. The maximum atomic E-state index is 16.4. The van der Waals surface area contributed by atoms with Crippen LogP contribution < -0.4 is 15.0 Å². The van der Waals surface area contributed by atoms with E-state index in [0.717, 1.165) is 12.8 Å². The molecule has 39 heavy (non-hydrogen) atoms. The average Bonchev–Trinajstić information content (AvgIpc) is 2.91. The number of hydrogen-bond donors (Lipinski definition) is 1. The van der Waals surface area contributed by atoms with Crippen molar-refractivity contribution in [1.82, 2.24) is 20.3 Å². The van der Waals surface area contributed by atoms with Gasteiger partial charge in [-0.05, 0) is 65.4 Å². The molecule has 202 valence electrons. The van der Waals surface area contributed by atoms with E-state index in [1.807, 2.05) is 11.8 Å². The normalized spacial score (nSPS) is 19.0. The molecule has 0 aliphatic carbocycles. The van der Waals surface area contributed by atoms with Crippen LogP contribution in [-0.2, 0) is 16.0 Å². The van der Waals surface area contributed by atoms with E-state index in [1.54, 1.807) is 18.2 Å². The van der Waals surface area contributed by atoms with E-state index in [0.29, 0.717) is 64.8 Å². The minimum atomic E-state index is -0.696. The zero-order valence-corrected chi connectivity index (χ0v) is 22.2. The third-order valence-corrected chi connectivity index (χ3v) is 7.68. The van der Waals surface area contributed by atoms with Gasteiger partial charge in [0.05, 0.1) is 17.3 Å². The van der Waals surface area contributed by atoms with Gasteiger partial charge in [-0.25, -0.2) is 13.8 Å². The Morgan fingerprint density at radius 3 is 2.79 bits per heavy atom. The van der Waals surface area contributed by atoms with Crippen LogP contribution in [0.1, 0.15) is 31.7 Å². The molecule has 4 aromatic rings. The van der Waals surface area contributed by atoms with E-state index < -0.39 is 5.82 Å². The van der Waals surface area contributed by atoms with Gasteiger partial charge in [0.25, 0.3) is 0 Å². The SMILES string of the molecule is CCc1c(F)ccc2cc(OCOC)cc(-c3ncc4c(N5CCCC6(CC(=O)N6)C5)nc(Cl)nc4c3F)c12. The molecular weight excluding hydrogens is 528 g/mol. The summed E-state index contributed by atoms with van der Waals surface area (Å²) in [6.45, 7) is 3.04. The van der Waals surface area contributed by atoms with Gasteiger partial charge in [0.2, 0.25) is 11.2 Å². The van der Waals surface area contributed by atoms with Gasteiger partial charge in [0, 0.05) is 32.0 Å². The lowest BCUT2D eigenvalue weighted by atomic mass is 9.80. The second-order valence-electron chi connectivity index (χ2n) is 10.0. The number of pyridine rings is 1. The third-order valence-electron chi connectivity index (χ3n) is 7.51. The number of hydrogen-bond acceptors (Lipinski definition) is 7. The van der Waals surface area contributed by atoms with E-state index in [9.17, 15) is 9.18 Å². The van der Waals surface area contributed by atoms with Crippen molar-refractivity contribution >= 4 is 45.0 Å². The van der Waals surface area contributed by atoms with Gasteiger partial charge < -0.3 is 19.7 Å². The van der Waals surface area contributed by atoms with Crippen LogP contribution in [0.25, 0.3) is 32.9 Å². The fraction of sp³-hybridized carbons (Fsp3) is 0.357. The lowest BCUT2D eigenvalue weighted by molar-refractivity contribution is -0.133. The van der Waals surface area contributed by atoms with Gasteiger partial charge in [-0.1, -0.05) is 13.0 Å². The van der Waals surface area contributed by atoms with Crippen LogP contribution in [0, 0.1) is 11.6 Å². The third kappa shape index (κ3) is 4.41. The summed E-state index contributed by atoms with van der Waals surface area (Å²) in [6, 6.07) is 6.42. The minimum absolute atomic E-state index is 0.00208. The Morgan fingerprint density at radius 2 is 2.05 bits per heavy atom. The molecule has 2 aliphatic heterocycles. The number of nitrogens with zero attached hydrogens (tertiary/aromatic N) is 4. The Labute approximate surface area is 228 Å². The Kier molecular flexibility index (Phi) is 6.47. The molecule has 6 rings (SSSR count). The monoisotopic (exact) mass is 553 g/mol. The van der Waals surface area contributed by atoms with Gasteiger partial charge in [0.1, 0.15) is 28.6 Å². The van der Waals surface area contributed by atoms with Crippen LogP contribution in [0.2, 0.25) is 5.28 Å². The average molecular weight is 554 g/mol. The number of methoxy groups -OCH3 is 1. The summed E-state index contributed by atoms with van der Waals surface area (Å²) in [5, 5.41) is 4.55. The molecular formula is C28H26ClF2N5O3. The number of aryl methyl sites for hydroxylation is 1. The summed E-state index contributed by atoms with van der Waals surface area (Å²) < 4.78 is 41.9. The van der Waals surface area contributed by atoms with Crippen molar-refractivity contribution in [3.8, 4) is 17.0 Å². The van der Waals surface area contributed by atoms with E-state index >= 15 is 4.39 Å². The quantitative estimate of drug-likeness (QED) is 0.200. The predicted octanol–water partition coefficient (Wildman–Crippen LogP) is 5.18. The van der Waals surface area contributed by atoms with Crippen LogP contribution in [0.15, 0.2) is 30.5 Å². The lowest BCUT2D eigenvalue weighted by Gasteiger charge is -2.49. The molecule has 0 saturated carbocycles. The van der Waals surface area contributed by atoms with Gasteiger partial charge in [0.15, 0.2) is 12.6 Å². The number of rotatable bonds is 6. The van der Waals surface area contributed by atoms with Crippen molar-refractivity contribution in [3.05, 3.63) is 52.9 Å². The van der Waals surface area contributed by atoms with Crippen LogP contribution in [0.3, 0.4) is 0 Å². The van der Waals surface area contributed by atoms with Crippen LogP contribution >= 0.6 is 11.6 Å². The van der Waals surface area contributed by atoms with Crippen molar-refractivity contribution in [1.29, 1.82) is 0 Å². The van der Waals surface area contributed by atoms with E-state index in [2.05, 4.69) is 20.3 Å². The summed E-state index contributed by atoms with van der Waals surface area (Å²) in [5.41, 5.74) is 0.521. The number of β-lactam (4-membered cyclic amide) rings is 1. The lowest BCUT2D eigenvalue weighted by Crippen LogP contribution is -2.68. The number of carbonyl (C=O) groups excluding carboxylic acids is 1. The highest BCUT2D eigenvalue weighted by atomic mass is 35.5. The Hall–Kier alpha value is -3.63. The van der Waals surface area contributed by atoms with Gasteiger partial charge >= 0.3 is 0 Å². The molecule has 1 amide bonds. The Morgan fingerprint density at radius 1 is 1.23 bits per heavy atom. The number of aromatic nitrogens is 3. The van der Waals surface area contributed by atoms with Crippen molar-refractivity contribution < 1.29 is 23.0 Å². The van der Waals surface area contributed by atoms with Gasteiger partial charge in [-0.15, -0.1) is 0 Å². The predicted molar refractivity (Wildman–Crippen MR) is 144 cm³/mol. The standard InChI is InChI=1S/C28H26ClF2N5O3/c1-3-17-20(30)6-5-15-9-16(39-14-38-2)10-18(22(15)17)24-23(31)25-19(12-32-24)26(34-27(29)33-25)36-8-4-7-28(13-36)11-21(37)35-28/h5-6,9-10,12H,3-4,7-8,11,13-14H2,1-2H3,(H,35,37). The number of fused-ring (bicyclic) bond motifs is 2. The topological polar surface area (TPSA) is 89.5 Å². The molecule has 2 aromatic carbocycles. The molecule has 2 aromatic heterocycles. The number of carbonyl (C=O) groups is 1. The molecule has 1 unspecified atom stereocenters. The molecule has 1 atom stereocenters. The van der Waals surface area contributed by atoms with Gasteiger partial charge in [-0.2, -0.15) is 4.98 Å². The second-order valence-corrected chi connectivity index (χ2v) is 10.4. The summed E-state index contributed by atoms with van der Waals surface area (Å²) in [7, 11) is 1.50. The fourth-order valence-electron chi connectivity index (χ4n) is 5.82. The van der Waals surface area contributed by atoms with Crippen molar-refractivity contribution in [2.75, 3.05) is 31.9 Å². The molecule has 8 nitrogen and oxygen atoms in total. The smallest absolute Gasteiger partial charge is 0.225 e. The van der Waals surface area contributed by atoms with Crippen molar-refractivity contribution in [3.63, 3.8) is 0 Å². The molecule has 2 aliphatic rings. The van der Waals surface area contributed by atoms with Gasteiger partial charge in [-0.3, -0.25) is 9.78 Å². The first-order chi connectivity index (χ1) is 18.8. The largest absolute Gasteiger partial charge is 0.468 e. The number of ether oxygens (including phenoxy) is 2. The number of nitrogens with one attached hydrogen (secondary N) is 1. The first-order valence-corrected chi connectivity index (χ1v) is 13.1. The number of anilines is 1. The van der Waals surface area contributed by atoms with Crippen LogP contribution in [0.4, 0.5) is 14.6 Å². The first-order valence-electron chi connectivity index (χ1n) is 12.8. The Balaban J connectivity index is 1.52. The number of amides is 1. The summed E-state index contributed by atoms with van der Waals surface area (Å²) in [6.07, 6.45) is 4.08. The Bertz CT molecular complexity index is 1620. The van der Waals surface area contributed by atoms with E-state index in [4.69, 9.17) is 21.1 Å². The maximum Gasteiger partial charge on any atom is 0.225 e. The highest BCUT2D eigenvalue weighted by Gasteiger charge is 2.46. The summed E-state index contributed by atoms with van der Waals surface area (Å²) in [4.78, 5) is 26.8. The molecule has 1 N–H and O–H groups in total. The number of halogens is 3. The minimum Gasteiger partial charge on any atom is -0.468 e. The highest BCUT2D eigenvalue weighted by Crippen LogP contribution is 2.40. The summed E-state index contributed by atoms with van der Waals surface area (Å²) >= 11 is 6.31. The van der Waals surface area contributed by atoms with E-state index in [-0.39, 0.29) is 40.6 Å². The van der Waals surface area contributed by atoms with E-state index in [1.165, 1.54) is 19.4 Å². The summed E-state index contributed by atoms with van der Waals surface area (Å²) in [5.74, 6) is -0.167. The zero-order valence-electron chi connectivity index (χ0n) is 21.5. The van der Waals surface area contributed by atoms with Crippen molar-refractivity contribution in [2.24, 2.45) is 0 Å². The molecule has 2 saturated heterocycles. The van der Waals surface area contributed by atoms with Crippen LogP contribution in [-0.4, -0.2) is 53.4 Å². The fourth-order valence-corrected chi connectivity index (χ4v) is 5.98. The molecule has 1 spiro atoms. The zero-order chi connectivity index (χ0) is 27.3. The van der Waals surface area contributed by atoms with Crippen molar-refractivity contribution in [2.45, 2.75) is 38.1 Å². The first kappa shape index (κ1) is 25.6. The molecule has 2 fully saturated rings. The van der Waals surface area contributed by atoms with Crippen LogP contribution in [0.5, 0.6) is 5.75 Å². The second kappa shape index (κ2) is 9.84.